The quantitative estimate of drug-likeness (QED) is 0.839. The maximum atomic E-state index is 9.99. The normalized spacial score (nSPS) is 12.2. The van der Waals surface area contributed by atoms with Crippen LogP contribution in [-0.4, -0.2) is 5.11 Å². The maximum absolute atomic E-state index is 9.99. The van der Waals surface area contributed by atoms with Gasteiger partial charge in [0.15, 0.2) is 0 Å². The van der Waals surface area contributed by atoms with E-state index in [1.807, 2.05) is 32.0 Å². The molecule has 2 rings (SSSR count). The number of rotatable bonds is 3. The second-order valence-electron chi connectivity index (χ2n) is 4.89. The van der Waals surface area contributed by atoms with E-state index in [4.69, 9.17) is 0 Å². The molecular weight excluding hydrogens is 302 g/mol. The number of anilines is 1. The summed E-state index contributed by atoms with van der Waals surface area (Å²) in [5, 5.41) is 13.4. The summed E-state index contributed by atoms with van der Waals surface area (Å²) in [6.07, 6.45) is 0. The Bertz CT molecular complexity index is 595. The first-order valence-electron chi connectivity index (χ1n) is 6.29. The molecule has 0 fully saturated rings. The molecule has 2 aromatic carbocycles. The van der Waals surface area contributed by atoms with E-state index >= 15 is 0 Å². The second-order valence-corrected chi connectivity index (χ2v) is 5.75. The highest BCUT2D eigenvalue weighted by molar-refractivity contribution is 9.10. The highest BCUT2D eigenvalue weighted by Gasteiger charge is 2.10. The van der Waals surface area contributed by atoms with Gasteiger partial charge in [0.05, 0.1) is 6.04 Å². The molecule has 2 nitrogen and oxygen atoms in total. The lowest BCUT2D eigenvalue weighted by Crippen LogP contribution is -2.07. The van der Waals surface area contributed by atoms with Crippen LogP contribution in [0.2, 0.25) is 0 Å². The van der Waals surface area contributed by atoms with Gasteiger partial charge in [0.25, 0.3) is 0 Å². The van der Waals surface area contributed by atoms with Crippen LogP contribution in [0.5, 0.6) is 5.75 Å². The first kappa shape index (κ1) is 13.9. The maximum Gasteiger partial charge on any atom is 0.121 e. The fourth-order valence-corrected chi connectivity index (χ4v) is 2.41. The van der Waals surface area contributed by atoms with Gasteiger partial charge in [-0.2, -0.15) is 0 Å². The number of phenolic OH excluding ortho intramolecular Hbond substituents is 1. The van der Waals surface area contributed by atoms with Gasteiger partial charge < -0.3 is 10.4 Å². The number of aryl methyl sites for hydroxylation is 2. The Kier molecular flexibility index (Phi) is 4.15. The molecule has 0 saturated carbocycles. The summed E-state index contributed by atoms with van der Waals surface area (Å²) in [6, 6.07) is 12.0. The van der Waals surface area contributed by atoms with Crippen molar-refractivity contribution in [1.29, 1.82) is 0 Å². The van der Waals surface area contributed by atoms with Gasteiger partial charge in [-0.05, 0) is 50.1 Å². The Balaban J connectivity index is 2.20. The molecule has 0 saturated heterocycles. The molecule has 1 atom stereocenters. The molecular formula is C16H18BrNO. The molecule has 0 aromatic heterocycles. The van der Waals surface area contributed by atoms with Crippen LogP contribution in [0.3, 0.4) is 0 Å². The van der Waals surface area contributed by atoms with Gasteiger partial charge in [-0.15, -0.1) is 0 Å². The van der Waals surface area contributed by atoms with Crippen molar-refractivity contribution in [2.45, 2.75) is 26.8 Å². The van der Waals surface area contributed by atoms with Gasteiger partial charge in [-0.3, -0.25) is 0 Å². The zero-order chi connectivity index (χ0) is 14.0. The lowest BCUT2D eigenvalue weighted by molar-refractivity contribution is 0.465. The van der Waals surface area contributed by atoms with Gasteiger partial charge in [-0.1, -0.05) is 34.1 Å². The molecule has 2 aromatic rings. The molecule has 0 amide bonds. The fraction of sp³-hybridized carbons (Fsp3) is 0.250. The van der Waals surface area contributed by atoms with Crippen molar-refractivity contribution in [3.63, 3.8) is 0 Å². The molecule has 1 unspecified atom stereocenters. The van der Waals surface area contributed by atoms with Gasteiger partial charge in [-0.25, -0.2) is 0 Å². The topological polar surface area (TPSA) is 32.3 Å². The van der Waals surface area contributed by atoms with Crippen LogP contribution in [0.25, 0.3) is 0 Å². The minimum Gasteiger partial charge on any atom is -0.508 e. The van der Waals surface area contributed by atoms with Crippen molar-refractivity contribution >= 4 is 21.6 Å². The number of benzene rings is 2. The van der Waals surface area contributed by atoms with Crippen LogP contribution in [0.4, 0.5) is 5.69 Å². The predicted molar refractivity (Wildman–Crippen MR) is 83.8 cm³/mol. The van der Waals surface area contributed by atoms with Crippen LogP contribution in [-0.2, 0) is 0 Å². The Hall–Kier alpha value is -1.48. The number of nitrogens with one attached hydrogen (secondary N) is 1. The van der Waals surface area contributed by atoms with E-state index in [-0.39, 0.29) is 6.04 Å². The highest BCUT2D eigenvalue weighted by atomic mass is 79.9. The van der Waals surface area contributed by atoms with Crippen LogP contribution in [0.15, 0.2) is 40.9 Å². The van der Waals surface area contributed by atoms with Crippen LogP contribution >= 0.6 is 15.9 Å². The Morgan fingerprint density at radius 3 is 2.47 bits per heavy atom. The number of phenols is 1. The third kappa shape index (κ3) is 3.29. The number of halogens is 1. The van der Waals surface area contributed by atoms with E-state index in [0.717, 1.165) is 21.3 Å². The molecule has 0 spiro atoms. The van der Waals surface area contributed by atoms with Gasteiger partial charge in [0.2, 0.25) is 0 Å². The molecule has 0 heterocycles. The SMILES string of the molecule is Cc1ccc(C(C)Nc2ccc(C)c(Br)c2)c(O)c1. The summed E-state index contributed by atoms with van der Waals surface area (Å²) in [6.45, 7) is 6.07. The second kappa shape index (κ2) is 5.66. The first-order valence-corrected chi connectivity index (χ1v) is 7.09. The molecule has 0 aliphatic carbocycles. The summed E-state index contributed by atoms with van der Waals surface area (Å²) >= 11 is 3.53. The van der Waals surface area contributed by atoms with Gasteiger partial charge in [0.1, 0.15) is 5.75 Å². The summed E-state index contributed by atoms with van der Waals surface area (Å²) in [4.78, 5) is 0. The minimum atomic E-state index is 0.0511. The summed E-state index contributed by atoms with van der Waals surface area (Å²) in [5.74, 6) is 0.339. The molecule has 2 N–H and O–H groups in total. The largest absolute Gasteiger partial charge is 0.508 e. The van der Waals surface area contributed by atoms with E-state index < -0.39 is 0 Å². The minimum absolute atomic E-state index is 0.0511. The van der Waals surface area contributed by atoms with Gasteiger partial charge in [0, 0.05) is 15.7 Å². The third-order valence-electron chi connectivity index (χ3n) is 3.21. The summed E-state index contributed by atoms with van der Waals surface area (Å²) in [5.41, 5.74) is 4.20. The molecule has 100 valence electrons. The monoisotopic (exact) mass is 319 g/mol. The smallest absolute Gasteiger partial charge is 0.121 e. The zero-order valence-corrected chi connectivity index (χ0v) is 13.0. The van der Waals surface area contributed by atoms with Crippen LogP contribution < -0.4 is 5.32 Å². The molecule has 0 aliphatic heterocycles. The van der Waals surface area contributed by atoms with E-state index in [2.05, 4.69) is 40.3 Å². The Labute approximate surface area is 122 Å². The average molecular weight is 320 g/mol. The average Bonchev–Trinajstić information content (AvgIpc) is 2.33. The molecule has 3 heteroatoms. The van der Waals surface area contributed by atoms with E-state index in [9.17, 15) is 5.11 Å². The van der Waals surface area contributed by atoms with E-state index in [0.29, 0.717) is 5.75 Å². The van der Waals surface area contributed by atoms with Crippen molar-refractivity contribution < 1.29 is 5.11 Å². The Morgan fingerprint density at radius 2 is 1.84 bits per heavy atom. The van der Waals surface area contributed by atoms with Crippen LogP contribution in [0, 0.1) is 13.8 Å². The van der Waals surface area contributed by atoms with Crippen molar-refractivity contribution in [1.82, 2.24) is 0 Å². The first-order chi connectivity index (χ1) is 8.97. The summed E-state index contributed by atoms with van der Waals surface area (Å²) in [7, 11) is 0. The predicted octanol–water partition coefficient (Wildman–Crippen LogP) is 4.94. The number of aromatic hydroxyl groups is 1. The standard InChI is InChI=1S/C16H18BrNO/c1-10-4-7-14(16(19)8-10)12(3)18-13-6-5-11(2)15(17)9-13/h4-9,12,18-19H,1-3H3. The fourth-order valence-electron chi connectivity index (χ4n) is 2.03. The lowest BCUT2D eigenvalue weighted by atomic mass is 10.0. The van der Waals surface area contributed by atoms with Crippen molar-refractivity contribution in [3.05, 3.63) is 57.6 Å². The number of hydrogen-bond donors (Lipinski definition) is 2. The van der Waals surface area contributed by atoms with Gasteiger partial charge >= 0.3 is 0 Å². The third-order valence-corrected chi connectivity index (χ3v) is 4.06. The zero-order valence-electron chi connectivity index (χ0n) is 11.4. The molecule has 19 heavy (non-hydrogen) atoms. The van der Waals surface area contributed by atoms with E-state index in [1.165, 1.54) is 5.56 Å². The highest BCUT2D eigenvalue weighted by Crippen LogP contribution is 2.29. The van der Waals surface area contributed by atoms with Crippen molar-refractivity contribution in [2.75, 3.05) is 5.32 Å². The summed E-state index contributed by atoms with van der Waals surface area (Å²) < 4.78 is 1.08. The molecule has 0 radical (unpaired) electrons. The lowest BCUT2D eigenvalue weighted by Gasteiger charge is -2.18. The van der Waals surface area contributed by atoms with E-state index in [1.54, 1.807) is 6.07 Å². The number of hydrogen-bond acceptors (Lipinski definition) is 2. The van der Waals surface area contributed by atoms with Crippen molar-refractivity contribution in [3.8, 4) is 5.75 Å². The van der Waals surface area contributed by atoms with Crippen molar-refractivity contribution in [2.24, 2.45) is 0 Å². The molecule has 0 aliphatic rings. The van der Waals surface area contributed by atoms with Crippen LogP contribution in [0.1, 0.15) is 29.7 Å². The Morgan fingerprint density at radius 1 is 1.11 bits per heavy atom. The molecule has 0 bridgehead atoms.